The minimum Gasteiger partial charge on any atom is -0.462 e. The molecule has 0 atom stereocenters. The fourth-order valence-corrected chi connectivity index (χ4v) is 4.38. The Labute approximate surface area is 196 Å². The summed E-state index contributed by atoms with van der Waals surface area (Å²) in [7, 11) is 0. The van der Waals surface area contributed by atoms with E-state index in [2.05, 4.69) is 21.2 Å². The van der Waals surface area contributed by atoms with Crippen LogP contribution in [0.3, 0.4) is 0 Å². The Morgan fingerprint density at radius 2 is 1.71 bits per heavy atom. The maximum absolute atomic E-state index is 12.6. The summed E-state index contributed by atoms with van der Waals surface area (Å²) in [5.74, 6) is -1.81. The maximum atomic E-state index is 12.6. The highest BCUT2D eigenvalue weighted by Crippen LogP contribution is 2.39. The van der Waals surface area contributed by atoms with Crippen LogP contribution in [0.1, 0.15) is 27.6 Å². The van der Waals surface area contributed by atoms with Crippen molar-refractivity contribution in [2.24, 2.45) is 0 Å². The zero-order chi connectivity index (χ0) is 22.4. The molecule has 0 aliphatic carbocycles. The van der Waals surface area contributed by atoms with Crippen molar-refractivity contribution in [3.8, 4) is 11.1 Å². The lowest BCUT2D eigenvalue weighted by Gasteiger charge is -2.10. The third kappa shape index (κ3) is 5.52. The highest BCUT2D eigenvalue weighted by Gasteiger charge is 2.24. The number of halogens is 2. The first-order chi connectivity index (χ1) is 14.9. The van der Waals surface area contributed by atoms with Gasteiger partial charge in [-0.2, -0.15) is 0 Å². The monoisotopic (exact) mass is 521 g/mol. The summed E-state index contributed by atoms with van der Waals surface area (Å²) in [6.07, 6.45) is 0. The van der Waals surface area contributed by atoms with Gasteiger partial charge in [-0.15, -0.1) is 11.3 Å². The van der Waals surface area contributed by atoms with Crippen molar-refractivity contribution in [3.63, 3.8) is 0 Å². The number of nitrogens with one attached hydrogen (secondary N) is 1. The van der Waals surface area contributed by atoms with E-state index in [0.717, 1.165) is 11.3 Å². The van der Waals surface area contributed by atoms with Crippen molar-refractivity contribution < 1.29 is 23.9 Å². The van der Waals surface area contributed by atoms with Gasteiger partial charge in [-0.3, -0.25) is 4.79 Å². The van der Waals surface area contributed by atoms with E-state index < -0.39 is 24.5 Å². The fourth-order valence-electron chi connectivity index (χ4n) is 2.73. The smallest absolute Gasteiger partial charge is 0.341 e. The van der Waals surface area contributed by atoms with Crippen LogP contribution in [-0.4, -0.2) is 31.1 Å². The van der Waals surface area contributed by atoms with Crippen molar-refractivity contribution in [2.75, 3.05) is 18.5 Å². The molecular weight excluding hydrogens is 506 g/mol. The van der Waals surface area contributed by atoms with Gasteiger partial charge in [-0.05, 0) is 41.1 Å². The van der Waals surface area contributed by atoms with Gasteiger partial charge < -0.3 is 14.8 Å². The van der Waals surface area contributed by atoms with E-state index in [9.17, 15) is 14.4 Å². The molecule has 2 aromatic carbocycles. The second-order valence-electron chi connectivity index (χ2n) is 6.16. The Morgan fingerprint density at radius 3 is 2.42 bits per heavy atom. The number of benzene rings is 2. The molecule has 0 fully saturated rings. The third-order valence-corrected chi connectivity index (χ3v) is 6.03. The van der Waals surface area contributed by atoms with E-state index in [0.29, 0.717) is 26.2 Å². The van der Waals surface area contributed by atoms with Gasteiger partial charge in [0.2, 0.25) is 0 Å². The van der Waals surface area contributed by atoms with Gasteiger partial charge in [0.1, 0.15) is 10.6 Å². The molecule has 0 saturated carbocycles. The lowest BCUT2D eigenvalue weighted by atomic mass is 10.0. The van der Waals surface area contributed by atoms with Crippen LogP contribution >= 0.6 is 38.9 Å². The van der Waals surface area contributed by atoms with Crippen LogP contribution in [0.2, 0.25) is 5.02 Å². The van der Waals surface area contributed by atoms with Crippen LogP contribution in [0.5, 0.6) is 0 Å². The zero-order valence-corrected chi connectivity index (χ0v) is 19.5. The molecule has 0 bridgehead atoms. The van der Waals surface area contributed by atoms with E-state index in [1.807, 2.05) is 0 Å². The number of ether oxygens (including phenoxy) is 2. The van der Waals surface area contributed by atoms with Gasteiger partial charge in [0.25, 0.3) is 5.91 Å². The van der Waals surface area contributed by atoms with Gasteiger partial charge in [0.05, 0.1) is 12.2 Å². The Balaban J connectivity index is 1.78. The second kappa shape index (κ2) is 10.6. The molecule has 31 heavy (non-hydrogen) atoms. The average Bonchev–Trinajstić information content (AvgIpc) is 3.16. The quantitative estimate of drug-likeness (QED) is 0.396. The molecule has 1 aromatic heterocycles. The molecule has 0 radical (unpaired) electrons. The van der Waals surface area contributed by atoms with Crippen molar-refractivity contribution >= 4 is 61.7 Å². The minimum absolute atomic E-state index is 0.174. The molecule has 9 heteroatoms. The molecule has 1 heterocycles. The first-order valence-corrected chi connectivity index (χ1v) is 11.2. The largest absolute Gasteiger partial charge is 0.462 e. The number of thiophene rings is 1. The normalized spacial score (nSPS) is 10.4. The van der Waals surface area contributed by atoms with Gasteiger partial charge in [0.15, 0.2) is 6.61 Å². The van der Waals surface area contributed by atoms with E-state index in [-0.39, 0.29) is 17.2 Å². The Morgan fingerprint density at radius 1 is 1.00 bits per heavy atom. The number of amides is 1. The van der Waals surface area contributed by atoms with E-state index in [1.165, 1.54) is 0 Å². The van der Waals surface area contributed by atoms with Gasteiger partial charge in [-0.25, -0.2) is 9.59 Å². The molecule has 0 saturated heterocycles. The van der Waals surface area contributed by atoms with Gasteiger partial charge >= 0.3 is 11.9 Å². The number of hydrogen-bond acceptors (Lipinski definition) is 6. The maximum Gasteiger partial charge on any atom is 0.341 e. The van der Waals surface area contributed by atoms with Gasteiger partial charge in [0, 0.05) is 26.0 Å². The minimum atomic E-state index is -0.642. The summed E-state index contributed by atoms with van der Waals surface area (Å²) in [6.45, 7) is 1.36. The van der Waals surface area contributed by atoms with Crippen LogP contribution in [-0.2, 0) is 14.3 Å². The third-order valence-electron chi connectivity index (χ3n) is 4.12. The molecule has 0 aliphatic rings. The Bertz CT molecular complexity index is 1130. The topological polar surface area (TPSA) is 81.7 Å². The lowest BCUT2D eigenvalue weighted by Crippen LogP contribution is -2.22. The number of hydrogen-bond donors (Lipinski definition) is 1. The fraction of sp³-hybridized carbons (Fsp3) is 0.136. The van der Waals surface area contributed by atoms with E-state index in [1.54, 1.807) is 60.8 Å². The standard InChI is InChI=1S/C22H17BrClNO5S/c1-2-29-22(28)19-15(13-7-4-6-10-17(13)24)12-31-20(19)25-18(26)11-30-21(27)14-8-3-5-9-16(14)23/h3-10,12H,2,11H2,1H3,(H,25,26). The number of esters is 2. The summed E-state index contributed by atoms with van der Waals surface area (Å²) >= 11 is 10.7. The first kappa shape index (κ1) is 23.0. The summed E-state index contributed by atoms with van der Waals surface area (Å²) in [4.78, 5) is 37.2. The van der Waals surface area contributed by atoms with Gasteiger partial charge in [-0.1, -0.05) is 41.9 Å². The number of rotatable bonds is 7. The predicted molar refractivity (Wildman–Crippen MR) is 124 cm³/mol. The lowest BCUT2D eigenvalue weighted by molar-refractivity contribution is -0.119. The molecular formula is C22H17BrClNO5S. The molecule has 3 rings (SSSR count). The van der Waals surface area contributed by atoms with Crippen LogP contribution in [0.15, 0.2) is 58.4 Å². The zero-order valence-electron chi connectivity index (χ0n) is 16.3. The van der Waals surface area contributed by atoms with Crippen LogP contribution in [0.4, 0.5) is 5.00 Å². The molecule has 6 nitrogen and oxygen atoms in total. The van der Waals surface area contributed by atoms with Crippen LogP contribution < -0.4 is 5.32 Å². The van der Waals surface area contributed by atoms with Crippen LogP contribution in [0.25, 0.3) is 11.1 Å². The molecule has 3 aromatic rings. The number of carbonyl (C=O) groups is 3. The first-order valence-electron chi connectivity index (χ1n) is 9.17. The molecule has 0 spiro atoms. The summed E-state index contributed by atoms with van der Waals surface area (Å²) in [5, 5.41) is 5.10. The van der Waals surface area contributed by atoms with Crippen molar-refractivity contribution in [3.05, 3.63) is 74.5 Å². The van der Waals surface area contributed by atoms with Crippen molar-refractivity contribution in [2.45, 2.75) is 6.92 Å². The Hall–Kier alpha value is -2.68. The summed E-state index contributed by atoms with van der Waals surface area (Å²) in [5.41, 5.74) is 1.70. The van der Waals surface area contributed by atoms with Crippen molar-refractivity contribution in [1.29, 1.82) is 0 Å². The Kier molecular flexibility index (Phi) is 7.84. The number of anilines is 1. The van der Waals surface area contributed by atoms with Crippen LogP contribution in [0, 0.1) is 0 Å². The van der Waals surface area contributed by atoms with E-state index in [4.69, 9.17) is 21.1 Å². The molecule has 1 N–H and O–H groups in total. The average molecular weight is 523 g/mol. The summed E-state index contributed by atoms with van der Waals surface area (Å²) < 4.78 is 10.8. The predicted octanol–water partition coefficient (Wildman–Crippen LogP) is 5.80. The molecule has 1 amide bonds. The summed E-state index contributed by atoms with van der Waals surface area (Å²) in [6, 6.07) is 13.8. The molecule has 160 valence electrons. The second-order valence-corrected chi connectivity index (χ2v) is 8.30. The van der Waals surface area contributed by atoms with E-state index >= 15 is 0 Å². The highest BCUT2D eigenvalue weighted by molar-refractivity contribution is 9.10. The SMILES string of the molecule is CCOC(=O)c1c(-c2ccccc2Cl)csc1NC(=O)COC(=O)c1ccccc1Br. The molecule has 0 unspecified atom stereocenters. The highest BCUT2D eigenvalue weighted by atomic mass is 79.9. The van der Waals surface area contributed by atoms with Crippen molar-refractivity contribution in [1.82, 2.24) is 0 Å². The molecule has 0 aliphatic heterocycles. The number of carbonyl (C=O) groups excluding carboxylic acids is 3.